The quantitative estimate of drug-likeness (QED) is 0.439. The van der Waals surface area contributed by atoms with Gasteiger partial charge in [-0.05, 0) is 6.07 Å². The lowest BCUT2D eigenvalue weighted by Crippen LogP contribution is -2.52. The van der Waals surface area contributed by atoms with Crippen LogP contribution in [-0.4, -0.2) is 63.6 Å². The molecule has 0 bridgehead atoms. The summed E-state index contributed by atoms with van der Waals surface area (Å²) in [6.07, 6.45) is -3.49. The van der Waals surface area contributed by atoms with Gasteiger partial charge in [0.15, 0.2) is 0 Å². The summed E-state index contributed by atoms with van der Waals surface area (Å²) in [5, 5.41) is 29.6. The molecule has 9 nitrogen and oxygen atoms in total. The van der Waals surface area contributed by atoms with Crippen molar-refractivity contribution >= 4 is 27.9 Å². The van der Waals surface area contributed by atoms with Crippen molar-refractivity contribution in [2.45, 2.75) is 24.0 Å². The average molecular weight is 336 g/mol. The number of hydrogen-bond acceptors (Lipinski definition) is 8. The van der Waals surface area contributed by atoms with Gasteiger partial charge in [-0.1, -0.05) is 12.2 Å². The molecule has 4 atom stereocenters. The Labute approximate surface area is 124 Å². The van der Waals surface area contributed by atoms with Crippen molar-refractivity contribution in [3.63, 3.8) is 0 Å². The highest BCUT2D eigenvalue weighted by Crippen LogP contribution is 2.33. The Kier molecular flexibility index (Phi) is 4.41. The van der Waals surface area contributed by atoms with Crippen LogP contribution in [0, 0.1) is 4.64 Å². The summed E-state index contributed by atoms with van der Waals surface area (Å²) in [7, 11) is -2.81. The van der Waals surface area contributed by atoms with Gasteiger partial charge < -0.3 is 20.1 Å². The van der Waals surface area contributed by atoms with Crippen molar-refractivity contribution in [1.29, 1.82) is 0 Å². The van der Waals surface area contributed by atoms with Gasteiger partial charge in [-0.25, -0.2) is 4.79 Å². The van der Waals surface area contributed by atoms with Gasteiger partial charge in [-0.15, -0.1) is 0 Å². The van der Waals surface area contributed by atoms with E-state index >= 15 is 0 Å². The molecule has 0 aromatic carbocycles. The fourth-order valence-electron chi connectivity index (χ4n) is 2.16. The predicted molar refractivity (Wildman–Crippen MR) is 72.8 cm³/mol. The second-order valence-corrected chi connectivity index (χ2v) is 5.58. The molecule has 1 aromatic heterocycles. The lowest BCUT2D eigenvalue weighted by Gasteiger charge is -2.29. The molecule has 1 aromatic rings. The summed E-state index contributed by atoms with van der Waals surface area (Å²) < 4.78 is 28.1. The molecule has 0 amide bonds. The number of ether oxygens (including phenoxy) is 1. The molecular weight excluding hydrogens is 324 g/mol. The topological polar surface area (TPSA) is 142 Å². The Balaban J connectivity index is 2.73. The first-order valence-corrected chi connectivity index (χ1v) is 7.28. The first-order valence-electron chi connectivity index (χ1n) is 5.73. The van der Waals surface area contributed by atoms with Crippen LogP contribution in [0.2, 0.25) is 0 Å². The molecule has 0 spiro atoms. The molecule has 0 radical (unpaired) electrons. The van der Waals surface area contributed by atoms with Crippen molar-refractivity contribution in [1.82, 2.24) is 9.55 Å². The molecule has 4 N–H and O–H groups in total. The molecule has 0 saturated carbocycles. The Morgan fingerprint density at radius 1 is 1.52 bits per heavy atom. The van der Waals surface area contributed by atoms with Gasteiger partial charge in [0.2, 0.25) is 16.0 Å². The van der Waals surface area contributed by atoms with Crippen LogP contribution in [-0.2, 0) is 20.8 Å². The number of H-pyrrole nitrogens is 1. The molecule has 2 rings (SSSR count). The number of hydrogen-bond donors (Lipinski definition) is 4. The molecular formula is C10H12N2O7S2. The standard InChI is InChI=1S/C10H12N2O7S2/c13-3-5-7(14)8(15)10(19-5,4-21(17)18)12-2-1-6(20)11-9(12)16/h1-2,4-5,7-8,13-15H,3H2,(H,11,16,20)/t5-,7-,8-,10-/m1/s1. The van der Waals surface area contributed by atoms with Gasteiger partial charge in [-0.2, -0.15) is 8.42 Å². The van der Waals surface area contributed by atoms with E-state index in [0.29, 0.717) is 5.37 Å². The maximum atomic E-state index is 11.9. The normalized spacial score (nSPS) is 32.0. The summed E-state index contributed by atoms with van der Waals surface area (Å²) in [6.45, 7) is -0.670. The zero-order chi connectivity index (χ0) is 15.8. The van der Waals surface area contributed by atoms with Gasteiger partial charge >= 0.3 is 5.69 Å². The van der Waals surface area contributed by atoms with Crippen LogP contribution in [0.3, 0.4) is 0 Å². The summed E-state index contributed by atoms with van der Waals surface area (Å²) in [6, 6.07) is 1.29. The molecule has 2 heterocycles. The zero-order valence-corrected chi connectivity index (χ0v) is 12.0. The van der Waals surface area contributed by atoms with Crippen LogP contribution in [0.5, 0.6) is 0 Å². The SMILES string of the molecule is O=c1[nH]c(=S)ccn1[C@]1(C=S(=O)=O)O[C@H](CO)[C@@H](O)[C@H]1O. The van der Waals surface area contributed by atoms with Gasteiger partial charge in [0.25, 0.3) is 0 Å². The fourth-order valence-corrected chi connectivity index (χ4v) is 2.89. The molecule has 0 unspecified atom stereocenters. The maximum absolute atomic E-state index is 11.9. The van der Waals surface area contributed by atoms with Crippen LogP contribution < -0.4 is 5.69 Å². The monoisotopic (exact) mass is 336 g/mol. The second kappa shape index (κ2) is 5.79. The summed E-state index contributed by atoms with van der Waals surface area (Å²) >= 11 is 4.76. The number of nitrogens with zero attached hydrogens (tertiary/aromatic N) is 1. The van der Waals surface area contributed by atoms with Crippen LogP contribution >= 0.6 is 12.2 Å². The van der Waals surface area contributed by atoms with E-state index in [4.69, 9.17) is 22.1 Å². The van der Waals surface area contributed by atoms with E-state index in [-0.39, 0.29) is 4.64 Å². The molecule has 1 saturated heterocycles. The number of aliphatic hydroxyl groups is 3. The van der Waals surface area contributed by atoms with Gasteiger partial charge in [0, 0.05) is 6.20 Å². The van der Waals surface area contributed by atoms with Crippen LogP contribution in [0.1, 0.15) is 0 Å². The lowest BCUT2D eigenvalue weighted by atomic mass is 10.0. The smallest absolute Gasteiger partial charge is 0.329 e. The Bertz CT molecular complexity index is 775. The highest BCUT2D eigenvalue weighted by molar-refractivity contribution is 7.71. The predicted octanol–water partition coefficient (Wildman–Crippen LogP) is -2.65. The highest BCUT2D eigenvalue weighted by Gasteiger charge is 2.55. The third-order valence-electron chi connectivity index (χ3n) is 3.11. The van der Waals surface area contributed by atoms with E-state index in [2.05, 4.69) is 4.98 Å². The molecule has 1 fully saturated rings. The van der Waals surface area contributed by atoms with Crippen molar-refractivity contribution < 1.29 is 28.5 Å². The number of nitrogens with one attached hydrogen (secondary N) is 1. The number of rotatable bonds is 3. The Morgan fingerprint density at radius 2 is 2.19 bits per heavy atom. The average Bonchev–Trinajstić information content (AvgIpc) is 2.63. The third-order valence-corrected chi connectivity index (χ3v) is 3.88. The van der Waals surface area contributed by atoms with Crippen LogP contribution in [0.4, 0.5) is 0 Å². The highest BCUT2D eigenvalue weighted by atomic mass is 32.2. The van der Waals surface area contributed by atoms with Crippen LogP contribution in [0.15, 0.2) is 17.1 Å². The van der Waals surface area contributed by atoms with E-state index in [0.717, 1.165) is 10.8 Å². The number of aromatic nitrogens is 2. The minimum Gasteiger partial charge on any atom is -0.394 e. The van der Waals surface area contributed by atoms with E-state index in [9.17, 15) is 23.4 Å². The Morgan fingerprint density at radius 3 is 2.67 bits per heavy atom. The summed E-state index contributed by atoms with van der Waals surface area (Å²) in [5.41, 5.74) is -3.01. The third kappa shape index (κ3) is 2.71. The first kappa shape index (κ1) is 16.0. The van der Waals surface area contributed by atoms with E-state index in [1.54, 1.807) is 0 Å². The minimum absolute atomic E-state index is 0.0985. The Hall–Kier alpha value is -1.37. The molecule has 1 aliphatic heterocycles. The van der Waals surface area contributed by atoms with Crippen molar-refractivity contribution in [3.05, 3.63) is 27.4 Å². The first-order chi connectivity index (χ1) is 9.81. The molecule has 11 heteroatoms. The van der Waals surface area contributed by atoms with Gasteiger partial charge in [0.05, 0.1) is 12.0 Å². The van der Waals surface area contributed by atoms with E-state index < -0.39 is 46.6 Å². The molecule has 116 valence electrons. The number of aromatic amines is 1. The minimum atomic E-state index is -2.81. The van der Waals surface area contributed by atoms with Crippen molar-refractivity contribution in [2.75, 3.05) is 6.61 Å². The number of aliphatic hydroxyl groups excluding tert-OH is 3. The van der Waals surface area contributed by atoms with Crippen molar-refractivity contribution in [2.24, 2.45) is 0 Å². The van der Waals surface area contributed by atoms with Gasteiger partial charge in [0.1, 0.15) is 23.0 Å². The van der Waals surface area contributed by atoms with Gasteiger partial charge in [-0.3, -0.25) is 9.55 Å². The van der Waals surface area contributed by atoms with Crippen LogP contribution in [0.25, 0.3) is 0 Å². The summed E-state index contributed by atoms with van der Waals surface area (Å²) in [5.74, 6) is 0. The lowest BCUT2D eigenvalue weighted by molar-refractivity contribution is -0.0948. The summed E-state index contributed by atoms with van der Waals surface area (Å²) in [4.78, 5) is 14.2. The van der Waals surface area contributed by atoms with Crippen molar-refractivity contribution in [3.8, 4) is 0 Å². The molecule has 21 heavy (non-hydrogen) atoms. The zero-order valence-electron chi connectivity index (χ0n) is 10.4. The van der Waals surface area contributed by atoms with E-state index in [1.165, 1.54) is 6.07 Å². The largest absolute Gasteiger partial charge is 0.394 e. The molecule has 1 aliphatic rings. The van der Waals surface area contributed by atoms with E-state index in [1.807, 2.05) is 0 Å². The molecule has 0 aliphatic carbocycles. The fraction of sp³-hybridized carbons (Fsp3) is 0.500. The second-order valence-electron chi connectivity index (χ2n) is 4.38. The maximum Gasteiger partial charge on any atom is 0.329 e.